The fourth-order valence-electron chi connectivity index (χ4n) is 3.63. The van der Waals surface area contributed by atoms with E-state index in [0.717, 1.165) is 42.9 Å². The van der Waals surface area contributed by atoms with E-state index in [4.69, 9.17) is 5.73 Å². The van der Waals surface area contributed by atoms with Crippen LogP contribution in [0.1, 0.15) is 29.3 Å². The van der Waals surface area contributed by atoms with Crippen LogP contribution < -0.4 is 11.1 Å². The molecule has 0 bridgehead atoms. The highest BCUT2D eigenvalue weighted by molar-refractivity contribution is 5.40. The number of aromatic nitrogens is 2. The van der Waals surface area contributed by atoms with Crippen LogP contribution in [-0.2, 0) is 19.4 Å². The van der Waals surface area contributed by atoms with Crippen LogP contribution in [-0.4, -0.2) is 22.1 Å². The second-order valence-electron chi connectivity index (χ2n) is 6.23. The van der Waals surface area contributed by atoms with Gasteiger partial charge in [-0.1, -0.05) is 0 Å². The molecule has 2 atom stereocenters. The van der Waals surface area contributed by atoms with Gasteiger partial charge < -0.3 is 15.6 Å². The Hall–Kier alpha value is -2.02. The molecule has 3 N–H and O–H groups in total. The van der Waals surface area contributed by atoms with Gasteiger partial charge in [-0.15, -0.1) is 0 Å². The van der Waals surface area contributed by atoms with E-state index in [1.807, 2.05) is 0 Å². The summed E-state index contributed by atoms with van der Waals surface area (Å²) in [5, 5.41) is 3.24. The zero-order valence-corrected chi connectivity index (χ0v) is 12.5. The molecule has 0 saturated heterocycles. The molecule has 2 unspecified atom stereocenters. The molecule has 7 heteroatoms. The summed E-state index contributed by atoms with van der Waals surface area (Å²) >= 11 is 0. The largest absolute Gasteiger partial charge is 0.356 e. The molecule has 4 rings (SSSR count). The molecule has 1 aliphatic heterocycles. The summed E-state index contributed by atoms with van der Waals surface area (Å²) in [6.07, 6.45) is 2.00. The first-order valence-electron chi connectivity index (χ1n) is 7.76. The molecule has 122 valence electrons. The first-order valence-corrected chi connectivity index (χ1v) is 7.76. The molecule has 0 amide bonds. The number of fused-ring (bicyclic) bond motifs is 3. The minimum Gasteiger partial charge on any atom is -0.356 e. The molecule has 1 aromatic carbocycles. The number of rotatable bonds is 1. The first-order chi connectivity index (χ1) is 11.0. The van der Waals surface area contributed by atoms with Crippen LogP contribution in [0, 0.1) is 17.5 Å². The molecule has 4 nitrogen and oxygen atoms in total. The van der Waals surface area contributed by atoms with Crippen molar-refractivity contribution in [1.29, 1.82) is 0 Å². The molecule has 23 heavy (non-hydrogen) atoms. The van der Waals surface area contributed by atoms with Crippen molar-refractivity contribution in [3.63, 3.8) is 0 Å². The maximum Gasteiger partial charge on any atom is 0.203 e. The number of imidazole rings is 1. The number of benzene rings is 1. The normalized spacial score (nSPS) is 23.1. The molecule has 2 heterocycles. The van der Waals surface area contributed by atoms with Gasteiger partial charge in [0.25, 0.3) is 0 Å². The van der Waals surface area contributed by atoms with Crippen molar-refractivity contribution >= 4 is 5.95 Å². The van der Waals surface area contributed by atoms with E-state index in [9.17, 15) is 13.2 Å². The summed E-state index contributed by atoms with van der Waals surface area (Å²) in [5.41, 5.74) is 8.29. The number of nitrogens with one attached hydrogen (secondary N) is 1. The van der Waals surface area contributed by atoms with E-state index in [1.165, 1.54) is 0 Å². The number of hydrogen-bond donors (Lipinski definition) is 2. The summed E-state index contributed by atoms with van der Waals surface area (Å²) in [7, 11) is 0. The highest BCUT2D eigenvalue weighted by atomic mass is 19.2. The minimum atomic E-state index is -1.18. The maximum atomic E-state index is 14.1. The van der Waals surface area contributed by atoms with Crippen molar-refractivity contribution < 1.29 is 13.2 Å². The monoisotopic (exact) mass is 322 g/mol. The van der Waals surface area contributed by atoms with Crippen LogP contribution in [0.5, 0.6) is 0 Å². The van der Waals surface area contributed by atoms with Crippen molar-refractivity contribution in [2.24, 2.45) is 5.73 Å². The predicted octanol–water partition coefficient (Wildman–Crippen LogP) is 2.33. The van der Waals surface area contributed by atoms with Gasteiger partial charge in [-0.05, 0) is 18.1 Å². The standard InChI is InChI=1S/C16H17F3N4/c17-10-6-12(19)11(18)4-8(10)9-5-14-15(7-13(9)20)23-3-1-2-21-16(23)22-14/h4,6,9,13H,1-3,5,7,20H2,(H,21,22). The Balaban J connectivity index is 1.73. The van der Waals surface area contributed by atoms with Crippen LogP contribution >= 0.6 is 0 Å². The Morgan fingerprint density at radius 2 is 1.91 bits per heavy atom. The Labute approximate surface area is 131 Å². The Kier molecular flexibility index (Phi) is 3.33. The van der Waals surface area contributed by atoms with Gasteiger partial charge in [-0.3, -0.25) is 0 Å². The minimum absolute atomic E-state index is 0.126. The summed E-state index contributed by atoms with van der Waals surface area (Å²) in [6.45, 7) is 1.77. The maximum absolute atomic E-state index is 14.1. The number of nitrogens with zero attached hydrogens (tertiary/aromatic N) is 2. The van der Waals surface area contributed by atoms with Gasteiger partial charge in [-0.2, -0.15) is 0 Å². The topological polar surface area (TPSA) is 55.9 Å². The smallest absolute Gasteiger partial charge is 0.203 e. The predicted molar refractivity (Wildman–Crippen MR) is 79.8 cm³/mol. The average Bonchev–Trinajstić information content (AvgIpc) is 2.88. The van der Waals surface area contributed by atoms with Crippen LogP contribution in [0.3, 0.4) is 0 Å². The van der Waals surface area contributed by atoms with E-state index in [1.54, 1.807) is 0 Å². The quantitative estimate of drug-likeness (QED) is 0.792. The zero-order valence-electron chi connectivity index (χ0n) is 12.5. The van der Waals surface area contributed by atoms with E-state index >= 15 is 0 Å². The Morgan fingerprint density at radius 3 is 2.74 bits per heavy atom. The van der Waals surface area contributed by atoms with Crippen LogP contribution in [0.15, 0.2) is 12.1 Å². The van der Waals surface area contributed by atoms with Crippen molar-refractivity contribution in [3.05, 3.63) is 46.5 Å². The van der Waals surface area contributed by atoms with Gasteiger partial charge in [-0.25, -0.2) is 18.2 Å². The van der Waals surface area contributed by atoms with E-state index in [2.05, 4.69) is 14.9 Å². The second kappa shape index (κ2) is 5.26. The molecular formula is C16H17F3N4. The molecule has 2 aliphatic rings. The molecule has 0 saturated carbocycles. The van der Waals surface area contributed by atoms with Crippen molar-refractivity contribution in [1.82, 2.24) is 9.55 Å². The lowest BCUT2D eigenvalue weighted by molar-refractivity contribution is 0.439. The Morgan fingerprint density at radius 1 is 1.13 bits per heavy atom. The first kappa shape index (κ1) is 14.6. The molecular weight excluding hydrogens is 305 g/mol. The van der Waals surface area contributed by atoms with E-state index in [-0.39, 0.29) is 11.6 Å². The lowest BCUT2D eigenvalue weighted by Gasteiger charge is -2.30. The van der Waals surface area contributed by atoms with Gasteiger partial charge >= 0.3 is 0 Å². The molecule has 0 fully saturated rings. The summed E-state index contributed by atoms with van der Waals surface area (Å²) in [4.78, 5) is 4.58. The lowest BCUT2D eigenvalue weighted by Crippen LogP contribution is -2.37. The van der Waals surface area contributed by atoms with Crippen LogP contribution in [0.2, 0.25) is 0 Å². The number of anilines is 1. The number of halogens is 3. The molecule has 2 aromatic rings. The van der Waals surface area contributed by atoms with Gasteiger partial charge in [0.2, 0.25) is 5.95 Å². The summed E-state index contributed by atoms with van der Waals surface area (Å²) in [5.74, 6) is -2.58. The van der Waals surface area contributed by atoms with Crippen molar-refractivity contribution in [2.45, 2.75) is 37.8 Å². The third-order valence-electron chi connectivity index (χ3n) is 4.80. The third kappa shape index (κ3) is 2.30. The highest BCUT2D eigenvalue weighted by Gasteiger charge is 2.34. The van der Waals surface area contributed by atoms with Gasteiger partial charge in [0.05, 0.1) is 5.69 Å². The molecule has 1 aromatic heterocycles. The summed E-state index contributed by atoms with van der Waals surface area (Å²) in [6, 6.07) is 1.16. The fourth-order valence-corrected chi connectivity index (χ4v) is 3.63. The highest BCUT2D eigenvalue weighted by Crippen LogP contribution is 2.35. The SMILES string of the molecule is NC1Cc2c(nc3n2CCCN3)CC1c1cc(F)c(F)cc1F. The van der Waals surface area contributed by atoms with Crippen molar-refractivity contribution in [3.8, 4) is 0 Å². The molecule has 0 radical (unpaired) electrons. The fraction of sp³-hybridized carbons (Fsp3) is 0.438. The van der Waals surface area contributed by atoms with Crippen LogP contribution in [0.25, 0.3) is 0 Å². The summed E-state index contributed by atoms with van der Waals surface area (Å²) < 4.78 is 42.9. The number of hydrogen-bond acceptors (Lipinski definition) is 3. The third-order valence-corrected chi connectivity index (χ3v) is 4.80. The average molecular weight is 322 g/mol. The molecule has 0 spiro atoms. The lowest BCUT2D eigenvalue weighted by atomic mass is 9.80. The molecule has 1 aliphatic carbocycles. The second-order valence-corrected chi connectivity index (χ2v) is 6.23. The van der Waals surface area contributed by atoms with E-state index < -0.39 is 23.4 Å². The van der Waals surface area contributed by atoms with E-state index in [0.29, 0.717) is 18.9 Å². The zero-order chi connectivity index (χ0) is 16.1. The number of nitrogens with two attached hydrogens (primary N) is 1. The van der Waals surface area contributed by atoms with Crippen LogP contribution in [0.4, 0.5) is 19.1 Å². The van der Waals surface area contributed by atoms with Gasteiger partial charge in [0.1, 0.15) is 5.82 Å². The van der Waals surface area contributed by atoms with Gasteiger partial charge in [0, 0.05) is 49.7 Å². The van der Waals surface area contributed by atoms with Gasteiger partial charge in [0.15, 0.2) is 11.6 Å². The van der Waals surface area contributed by atoms with Crippen molar-refractivity contribution in [2.75, 3.05) is 11.9 Å². The Bertz CT molecular complexity index is 771.